The lowest BCUT2D eigenvalue weighted by Crippen LogP contribution is -2.37. The van der Waals surface area contributed by atoms with Gasteiger partial charge >= 0.3 is 0 Å². The molecule has 1 aliphatic carbocycles. The molecule has 3 heterocycles. The predicted molar refractivity (Wildman–Crippen MR) is 101 cm³/mol. The van der Waals surface area contributed by atoms with Crippen molar-refractivity contribution in [3.63, 3.8) is 0 Å². The first-order chi connectivity index (χ1) is 13.2. The molecule has 7 heteroatoms. The third-order valence-corrected chi connectivity index (χ3v) is 5.53. The Morgan fingerprint density at radius 2 is 2.07 bits per heavy atom. The number of hydrogen-bond donors (Lipinski definition) is 2. The average Bonchev–Trinajstić information content (AvgIpc) is 2.74. The van der Waals surface area contributed by atoms with Crippen LogP contribution in [0.15, 0.2) is 30.6 Å². The van der Waals surface area contributed by atoms with Crippen LogP contribution < -0.4 is 10.2 Å². The lowest BCUT2D eigenvalue weighted by Gasteiger charge is -2.32. The van der Waals surface area contributed by atoms with Gasteiger partial charge in [-0.15, -0.1) is 0 Å². The summed E-state index contributed by atoms with van der Waals surface area (Å²) in [6.45, 7) is 2.02. The van der Waals surface area contributed by atoms with Crippen molar-refractivity contribution in [3.05, 3.63) is 47.5 Å². The second-order valence-electron chi connectivity index (χ2n) is 7.32. The van der Waals surface area contributed by atoms with Crippen molar-refractivity contribution in [3.8, 4) is 0 Å². The lowest BCUT2D eigenvalue weighted by molar-refractivity contribution is 0.0927. The first-order valence-corrected chi connectivity index (χ1v) is 9.68. The molecule has 0 spiro atoms. The number of carbonyl (C=O) groups excluding carboxylic acids is 1. The molecule has 7 nitrogen and oxygen atoms in total. The fraction of sp³-hybridized carbons (Fsp3) is 0.500. The van der Waals surface area contributed by atoms with Gasteiger partial charge in [-0.2, -0.15) is 0 Å². The van der Waals surface area contributed by atoms with Gasteiger partial charge in [0.25, 0.3) is 5.91 Å². The average molecular weight is 367 g/mol. The number of fused-ring (bicyclic) bond motifs is 1. The Morgan fingerprint density at radius 1 is 1.22 bits per heavy atom. The van der Waals surface area contributed by atoms with E-state index in [1.54, 1.807) is 18.3 Å². The monoisotopic (exact) mass is 367 g/mol. The summed E-state index contributed by atoms with van der Waals surface area (Å²) < 4.78 is 0. The Labute approximate surface area is 158 Å². The number of aliphatic hydroxyl groups is 1. The second kappa shape index (κ2) is 8.00. The SMILES string of the molecule is O=C(N[C@@H]1CCCc2nc(N3CCC(CO)CC3)ncc21)c1ccccn1. The van der Waals surface area contributed by atoms with Gasteiger partial charge in [-0.05, 0) is 50.2 Å². The highest BCUT2D eigenvalue weighted by Gasteiger charge is 2.26. The van der Waals surface area contributed by atoms with Gasteiger partial charge < -0.3 is 15.3 Å². The van der Waals surface area contributed by atoms with Crippen molar-refractivity contribution in [1.29, 1.82) is 0 Å². The fourth-order valence-electron chi connectivity index (χ4n) is 3.88. The number of aromatic nitrogens is 3. The number of anilines is 1. The van der Waals surface area contributed by atoms with Crippen LogP contribution in [-0.2, 0) is 6.42 Å². The third kappa shape index (κ3) is 3.93. The summed E-state index contributed by atoms with van der Waals surface area (Å²) in [5.74, 6) is 0.996. The number of pyridine rings is 1. The maximum atomic E-state index is 12.5. The molecule has 0 bridgehead atoms. The van der Waals surface area contributed by atoms with Gasteiger partial charge in [0.15, 0.2) is 0 Å². The zero-order valence-corrected chi connectivity index (χ0v) is 15.3. The molecule has 2 N–H and O–H groups in total. The van der Waals surface area contributed by atoms with Crippen LogP contribution in [0.4, 0.5) is 5.95 Å². The number of piperidine rings is 1. The van der Waals surface area contributed by atoms with Crippen molar-refractivity contribution in [2.24, 2.45) is 5.92 Å². The summed E-state index contributed by atoms with van der Waals surface area (Å²) in [6, 6.07) is 5.25. The first kappa shape index (κ1) is 17.9. The number of nitrogens with one attached hydrogen (secondary N) is 1. The van der Waals surface area contributed by atoms with Crippen LogP contribution in [0.1, 0.15) is 53.5 Å². The molecule has 1 saturated heterocycles. The van der Waals surface area contributed by atoms with Gasteiger partial charge in [0.2, 0.25) is 5.95 Å². The number of aliphatic hydroxyl groups excluding tert-OH is 1. The molecule has 2 aromatic heterocycles. The van der Waals surface area contributed by atoms with Crippen LogP contribution in [-0.4, -0.2) is 45.7 Å². The molecule has 0 saturated carbocycles. The van der Waals surface area contributed by atoms with Gasteiger partial charge in [-0.1, -0.05) is 6.07 Å². The van der Waals surface area contributed by atoms with Gasteiger partial charge in [0.05, 0.1) is 11.7 Å². The molecule has 0 unspecified atom stereocenters. The molecule has 1 aliphatic heterocycles. The Morgan fingerprint density at radius 3 is 2.81 bits per heavy atom. The highest BCUT2D eigenvalue weighted by molar-refractivity contribution is 5.92. The van der Waals surface area contributed by atoms with Crippen molar-refractivity contribution < 1.29 is 9.90 Å². The number of amides is 1. The van der Waals surface area contributed by atoms with E-state index in [1.807, 2.05) is 12.3 Å². The van der Waals surface area contributed by atoms with E-state index in [-0.39, 0.29) is 18.6 Å². The van der Waals surface area contributed by atoms with Crippen LogP contribution in [0.25, 0.3) is 0 Å². The number of aryl methyl sites for hydroxylation is 1. The van der Waals surface area contributed by atoms with E-state index in [4.69, 9.17) is 4.98 Å². The summed E-state index contributed by atoms with van der Waals surface area (Å²) in [7, 11) is 0. The van der Waals surface area contributed by atoms with E-state index in [0.717, 1.165) is 62.4 Å². The van der Waals surface area contributed by atoms with Gasteiger partial charge in [0.1, 0.15) is 5.69 Å². The topological polar surface area (TPSA) is 91.2 Å². The van der Waals surface area contributed by atoms with Crippen molar-refractivity contribution in [2.75, 3.05) is 24.6 Å². The number of hydrogen-bond acceptors (Lipinski definition) is 6. The molecule has 1 amide bonds. The minimum atomic E-state index is -0.163. The zero-order chi connectivity index (χ0) is 18.6. The van der Waals surface area contributed by atoms with E-state index < -0.39 is 0 Å². The molecular weight excluding hydrogens is 342 g/mol. The molecule has 27 heavy (non-hydrogen) atoms. The lowest BCUT2D eigenvalue weighted by atomic mass is 9.92. The molecular formula is C20H25N5O2. The Hall–Kier alpha value is -2.54. The van der Waals surface area contributed by atoms with Gasteiger partial charge in [-0.25, -0.2) is 9.97 Å². The second-order valence-corrected chi connectivity index (χ2v) is 7.32. The molecule has 2 aromatic rings. The maximum absolute atomic E-state index is 12.5. The number of carbonyl (C=O) groups is 1. The summed E-state index contributed by atoms with van der Waals surface area (Å²) in [6.07, 6.45) is 8.23. The molecule has 0 aromatic carbocycles. The molecule has 1 atom stereocenters. The standard InChI is InChI=1S/C20H25N5O2/c26-13-14-7-10-25(11-8-14)20-22-12-15-16(5-3-6-17(15)24-20)23-19(27)18-4-1-2-9-21-18/h1-2,4,9,12,14,16,26H,3,5-8,10-11,13H2,(H,23,27)/t16-/m1/s1. The Balaban J connectivity index is 1.48. The van der Waals surface area contributed by atoms with Gasteiger partial charge in [0, 0.05) is 37.7 Å². The molecule has 2 aliphatic rings. The Bertz CT molecular complexity index is 790. The van der Waals surface area contributed by atoms with Crippen LogP contribution in [0.3, 0.4) is 0 Å². The number of rotatable bonds is 4. The van der Waals surface area contributed by atoms with Crippen LogP contribution in [0.5, 0.6) is 0 Å². The van der Waals surface area contributed by atoms with E-state index in [9.17, 15) is 9.90 Å². The van der Waals surface area contributed by atoms with Crippen LogP contribution in [0.2, 0.25) is 0 Å². The number of nitrogens with zero attached hydrogens (tertiary/aromatic N) is 4. The third-order valence-electron chi connectivity index (χ3n) is 5.53. The molecule has 0 radical (unpaired) electrons. The summed E-state index contributed by atoms with van der Waals surface area (Å²) in [5.41, 5.74) is 2.47. The largest absolute Gasteiger partial charge is 0.396 e. The van der Waals surface area contributed by atoms with Crippen molar-refractivity contribution in [2.45, 2.75) is 38.1 Å². The zero-order valence-electron chi connectivity index (χ0n) is 15.3. The first-order valence-electron chi connectivity index (χ1n) is 9.68. The maximum Gasteiger partial charge on any atom is 0.270 e. The minimum Gasteiger partial charge on any atom is -0.396 e. The highest BCUT2D eigenvalue weighted by atomic mass is 16.3. The Kier molecular flexibility index (Phi) is 5.29. The summed E-state index contributed by atoms with van der Waals surface area (Å²) in [4.78, 5) is 28.2. The summed E-state index contributed by atoms with van der Waals surface area (Å²) in [5, 5.41) is 12.4. The smallest absolute Gasteiger partial charge is 0.270 e. The van der Waals surface area contributed by atoms with Crippen LogP contribution >= 0.6 is 0 Å². The van der Waals surface area contributed by atoms with E-state index in [1.165, 1.54) is 0 Å². The predicted octanol–water partition coefficient (Wildman–Crippen LogP) is 1.89. The van der Waals surface area contributed by atoms with Gasteiger partial charge in [-0.3, -0.25) is 9.78 Å². The minimum absolute atomic E-state index is 0.0718. The fourth-order valence-corrected chi connectivity index (χ4v) is 3.88. The summed E-state index contributed by atoms with van der Waals surface area (Å²) >= 11 is 0. The van der Waals surface area contributed by atoms with E-state index >= 15 is 0 Å². The normalized spacial score (nSPS) is 20.2. The van der Waals surface area contributed by atoms with Crippen molar-refractivity contribution >= 4 is 11.9 Å². The van der Waals surface area contributed by atoms with E-state index in [0.29, 0.717) is 11.6 Å². The quantitative estimate of drug-likeness (QED) is 0.857. The molecule has 142 valence electrons. The highest BCUT2D eigenvalue weighted by Crippen LogP contribution is 2.30. The molecule has 4 rings (SSSR count). The van der Waals surface area contributed by atoms with E-state index in [2.05, 4.69) is 20.2 Å². The molecule has 1 fully saturated rings. The van der Waals surface area contributed by atoms with Crippen molar-refractivity contribution in [1.82, 2.24) is 20.3 Å². The van der Waals surface area contributed by atoms with Crippen LogP contribution in [0, 0.1) is 5.92 Å².